The van der Waals surface area contributed by atoms with Gasteiger partial charge in [-0.3, -0.25) is 4.57 Å². The monoisotopic (exact) mass is 528 g/mol. The van der Waals surface area contributed by atoms with Crippen molar-refractivity contribution in [2.24, 2.45) is 0 Å². The Balaban J connectivity index is 1.58. The summed E-state index contributed by atoms with van der Waals surface area (Å²) >= 11 is 12.0. The number of carbonyl (C=O) groups is 1. The SMILES string of the molecule is CCOP(=O)(COC(=O)[C@@H](C)Oc1ccc(Oc2cnc3cc(Cl)c(Cl)cc3n2)cc1)OCC. The molecule has 1 heterocycles. The van der Waals surface area contributed by atoms with Crippen molar-refractivity contribution >= 4 is 47.8 Å². The van der Waals surface area contributed by atoms with E-state index in [2.05, 4.69) is 9.97 Å². The fourth-order valence-electron chi connectivity index (χ4n) is 2.76. The lowest BCUT2D eigenvalue weighted by molar-refractivity contribution is -0.149. The molecule has 3 rings (SSSR count). The predicted molar refractivity (Wildman–Crippen MR) is 128 cm³/mol. The first-order chi connectivity index (χ1) is 16.2. The summed E-state index contributed by atoms with van der Waals surface area (Å²) in [4.78, 5) is 20.9. The van der Waals surface area contributed by atoms with E-state index in [1.54, 1.807) is 50.2 Å². The Bertz CT molecular complexity index is 1180. The number of nitrogens with zero attached hydrogens (tertiary/aromatic N) is 2. The average molecular weight is 529 g/mol. The van der Waals surface area contributed by atoms with E-state index >= 15 is 0 Å². The van der Waals surface area contributed by atoms with E-state index in [4.69, 9.17) is 46.5 Å². The molecule has 3 aromatic rings. The summed E-state index contributed by atoms with van der Waals surface area (Å²) in [5, 5.41) is 0.761. The normalized spacial score (nSPS) is 12.4. The highest BCUT2D eigenvalue weighted by molar-refractivity contribution is 7.53. The van der Waals surface area contributed by atoms with Crippen LogP contribution in [0.25, 0.3) is 11.0 Å². The third-order valence-corrected chi connectivity index (χ3v) is 6.74. The van der Waals surface area contributed by atoms with Crippen molar-refractivity contribution in [2.75, 3.05) is 19.6 Å². The van der Waals surface area contributed by atoms with Crippen molar-refractivity contribution < 1.29 is 32.6 Å². The van der Waals surface area contributed by atoms with Gasteiger partial charge < -0.3 is 23.3 Å². The van der Waals surface area contributed by atoms with Crippen LogP contribution < -0.4 is 9.47 Å². The predicted octanol–water partition coefficient (Wildman–Crippen LogP) is 6.26. The largest absolute Gasteiger partial charge is 0.479 e. The zero-order valence-electron chi connectivity index (χ0n) is 18.7. The van der Waals surface area contributed by atoms with Gasteiger partial charge in [0.1, 0.15) is 11.5 Å². The quantitative estimate of drug-likeness (QED) is 0.210. The van der Waals surface area contributed by atoms with E-state index in [0.717, 1.165) is 0 Å². The molecule has 1 aromatic heterocycles. The van der Waals surface area contributed by atoms with Gasteiger partial charge >= 0.3 is 13.6 Å². The van der Waals surface area contributed by atoms with Gasteiger partial charge in [0, 0.05) is 0 Å². The number of benzene rings is 2. The van der Waals surface area contributed by atoms with Crippen molar-refractivity contribution in [3.8, 4) is 17.4 Å². The molecular formula is C22H23Cl2N2O7P. The number of esters is 1. The van der Waals surface area contributed by atoms with Gasteiger partial charge in [0.2, 0.25) is 5.88 Å². The fourth-order valence-corrected chi connectivity index (χ4v) is 4.38. The second kappa shape index (κ2) is 11.8. The maximum Gasteiger partial charge on any atom is 0.367 e. The maximum absolute atomic E-state index is 12.4. The highest BCUT2D eigenvalue weighted by atomic mass is 35.5. The molecule has 0 spiro atoms. The van der Waals surface area contributed by atoms with Crippen LogP contribution in [0.5, 0.6) is 17.4 Å². The summed E-state index contributed by atoms with van der Waals surface area (Å²) in [7, 11) is -3.50. The van der Waals surface area contributed by atoms with E-state index < -0.39 is 26.0 Å². The van der Waals surface area contributed by atoms with Crippen molar-refractivity contribution in [1.82, 2.24) is 9.97 Å². The summed E-state index contributed by atoms with van der Waals surface area (Å²) in [5.41, 5.74) is 1.13. The van der Waals surface area contributed by atoms with Gasteiger partial charge in [-0.1, -0.05) is 23.2 Å². The van der Waals surface area contributed by atoms with Crippen LogP contribution in [0, 0.1) is 0 Å². The van der Waals surface area contributed by atoms with Crippen molar-refractivity contribution in [3.05, 3.63) is 52.6 Å². The molecule has 1 atom stereocenters. The first-order valence-electron chi connectivity index (χ1n) is 10.3. The molecule has 0 radical (unpaired) electrons. The molecule has 0 unspecified atom stereocenters. The van der Waals surface area contributed by atoms with Gasteiger partial charge in [-0.05, 0) is 57.2 Å². The summed E-state index contributed by atoms with van der Waals surface area (Å²) < 4.78 is 39.0. The second-order valence-corrected chi connectivity index (χ2v) is 9.65. The first-order valence-corrected chi connectivity index (χ1v) is 12.8. The van der Waals surface area contributed by atoms with Crippen LogP contribution in [0.15, 0.2) is 42.6 Å². The second-order valence-electron chi connectivity index (χ2n) is 6.84. The van der Waals surface area contributed by atoms with E-state index in [1.807, 2.05) is 0 Å². The summed E-state index contributed by atoms with van der Waals surface area (Å²) in [6.07, 6.45) is 0.0302. The summed E-state index contributed by atoms with van der Waals surface area (Å²) in [5.74, 6) is 0.445. The minimum atomic E-state index is -3.50. The zero-order valence-corrected chi connectivity index (χ0v) is 21.1. The number of rotatable bonds is 11. The number of aromatic nitrogens is 2. The molecular weight excluding hydrogens is 506 g/mol. The molecule has 9 nitrogen and oxygen atoms in total. The van der Waals surface area contributed by atoms with Crippen LogP contribution in [0.2, 0.25) is 10.0 Å². The molecule has 0 aliphatic carbocycles. The Morgan fingerprint density at radius 3 is 2.21 bits per heavy atom. The van der Waals surface area contributed by atoms with Gasteiger partial charge in [-0.25, -0.2) is 14.8 Å². The number of ether oxygens (including phenoxy) is 3. The Morgan fingerprint density at radius 1 is 1.00 bits per heavy atom. The van der Waals surface area contributed by atoms with E-state index in [0.29, 0.717) is 32.6 Å². The molecule has 0 aliphatic rings. The van der Waals surface area contributed by atoms with Gasteiger partial charge in [0.25, 0.3) is 0 Å². The van der Waals surface area contributed by atoms with Crippen LogP contribution in [0.4, 0.5) is 0 Å². The van der Waals surface area contributed by atoms with Crippen LogP contribution in [-0.4, -0.2) is 41.6 Å². The zero-order chi connectivity index (χ0) is 24.7. The molecule has 0 fully saturated rings. The minimum Gasteiger partial charge on any atom is -0.479 e. The van der Waals surface area contributed by atoms with Gasteiger partial charge in [-0.2, -0.15) is 0 Å². The molecule has 0 saturated carbocycles. The van der Waals surface area contributed by atoms with Crippen LogP contribution >= 0.6 is 30.8 Å². The van der Waals surface area contributed by atoms with Crippen molar-refractivity contribution in [2.45, 2.75) is 26.9 Å². The standard InChI is InChI=1S/C22H23Cl2N2O7P/c1-4-30-34(28,31-5-2)13-29-22(27)14(3)32-15-6-8-16(9-7-15)33-21-12-25-19-10-17(23)18(24)11-20(19)26-21/h6-12,14H,4-5,13H2,1-3H3/t14-/m1/s1. The molecule has 0 N–H and O–H groups in total. The Kier molecular flexibility index (Phi) is 9.10. The van der Waals surface area contributed by atoms with Crippen molar-refractivity contribution in [1.29, 1.82) is 0 Å². The molecule has 0 amide bonds. The summed E-state index contributed by atoms with van der Waals surface area (Å²) in [6, 6.07) is 9.77. The Morgan fingerprint density at radius 2 is 1.59 bits per heavy atom. The molecule has 0 aliphatic heterocycles. The number of halogens is 2. The van der Waals surface area contributed by atoms with E-state index in [-0.39, 0.29) is 19.1 Å². The topological polar surface area (TPSA) is 106 Å². The first kappa shape index (κ1) is 26.2. The van der Waals surface area contributed by atoms with Gasteiger partial charge in [0.05, 0.1) is 40.5 Å². The van der Waals surface area contributed by atoms with Gasteiger partial charge in [0.15, 0.2) is 12.5 Å². The minimum absolute atomic E-state index is 0.169. The lowest BCUT2D eigenvalue weighted by Crippen LogP contribution is -2.26. The maximum atomic E-state index is 12.4. The highest BCUT2D eigenvalue weighted by Gasteiger charge is 2.28. The van der Waals surface area contributed by atoms with Crippen LogP contribution in [-0.2, 0) is 23.1 Å². The van der Waals surface area contributed by atoms with Crippen LogP contribution in [0.3, 0.4) is 0 Å². The Hall–Kier alpha value is -2.42. The number of fused-ring (bicyclic) bond motifs is 1. The Labute approximate surface area is 206 Å². The number of hydrogen-bond donors (Lipinski definition) is 0. The average Bonchev–Trinajstić information content (AvgIpc) is 2.80. The number of hydrogen-bond acceptors (Lipinski definition) is 9. The third kappa shape index (κ3) is 7.04. The van der Waals surface area contributed by atoms with E-state index in [9.17, 15) is 9.36 Å². The smallest absolute Gasteiger partial charge is 0.367 e. The molecule has 2 aromatic carbocycles. The lowest BCUT2D eigenvalue weighted by atomic mass is 10.3. The summed E-state index contributed by atoms with van der Waals surface area (Å²) in [6.45, 7) is 5.20. The fraction of sp³-hybridized carbons (Fsp3) is 0.318. The molecule has 34 heavy (non-hydrogen) atoms. The van der Waals surface area contributed by atoms with Crippen LogP contribution in [0.1, 0.15) is 20.8 Å². The third-order valence-electron chi connectivity index (χ3n) is 4.27. The van der Waals surface area contributed by atoms with Crippen molar-refractivity contribution in [3.63, 3.8) is 0 Å². The molecule has 0 saturated heterocycles. The van der Waals surface area contributed by atoms with E-state index in [1.165, 1.54) is 13.1 Å². The molecule has 0 bridgehead atoms. The molecule has 182 valence electrons. The highest BCUT2D eigenvalue weighted by Crippen LogP contribution is 2.47. The molecule has 12 heteroatoms. The number of carbonyl (C=O) groups excluding carboxylic acids is 1. The van der Waals surface area contributed by atoms with Gasteiger partial charge in [-0.15, -0.1) is 0 Å². The lowest BCUT2D eigenvalue weighted by Gasteiger charge is -2.18.